The Kier molecular flexibility index (Phi) is 6.49. The van der Waals surface area contributed by atoms with Crippen LogP contribution in [0.25, 0.3) is 10.9 Å². The lowest BCUT2D eigenvalue weighted by atomic mass is 9.98. The lowest BCUT2D eigenvalue weighted by Crippen LogP contribution is -2.53. The molecule has 0 aliphatic rings. The number of hydrogen-bond acceptors (Lipinski definition) is 3. The minimum atomic E-state index is -1.14. The summed E-state index contributed by atoms with van der Waals surface area (Å²) in [6, 6.07) is 5.16. The minimum Gasteiger partial charge on any atom is -0.480 e. The summed E-state index contributed by atoms with van der Waals surface area (Å²) in [6.45, 7) is 5.11. The predicted octanol–water partition coefficient (Wildman–Crippen LogP) is 2.57. The summed E-state index contributed by atoms with van der Waals surface area (Å²) in [6.07, 6.45) is 0.643. The lowest BCUT2D eigenvalue weighted by molar-refractivity contribution is -0.141. The van der Waals surface area contributed by atoms with E-state index in [-0.39, 0.29) is 5.92 Å². The molecule has 0 aliphatic heterocycles. The van der Waals surface area contributed by atoms with E-state index in [1.165, 1.54) is 6.92 Å². The zero-order chi connectivity index (χ0) is 20.3. The van der Waals surface area contributed by atoms with Crippen LogP contribution in [0.15, 0.2) is 24.3 Å². The minimum absolute atomic E-state index is 0.168. The van der Waals surface area contributed by atoms with Gasteiger partial charge in [0.05, 0.1) is 0 Å². The van der Waals surface area contributed by atoms with E-state index >= 15 is 0 Å². The Balaban J connectivity index is 2.27. The van der Waals surface area contributed by atoms with Crippen LogP contribution in [0.1, 0.15) is 37.7 Å². The molecule has 2 amide bonds. The van der Waals surface area contributed by atoms with Crippen molar-refractivity contribution in [2.24, 2.45) is 13.0 Å². The van der Waals surface area contributed by atoms with Crippen LogP contribution in [-0.2, 0) is 16.6 Å². The van der Waals surface area contributed by atoms with Gasteiger partial charge in [-0.25, -0.2) is 0 Å². The number of aryl methyl sites for hydroxylation is 1. The van der Waals surface area contributed by atoms with E-state index in [0.29, 0.717) is 17.1 Å². The van der Waals surface area contributed by atoms with Crippen LogP contribution in [0.2, 0.25) is 5.02 Å². The Morgan fingerprint density at radius 2 is 1.85 bits per heavy atom. The van der Waals surface area contributed by atoms with Crippen LogP contribution >= 0.6 is 11.6 Å². The van der Waals surface area contributed by atoms with Gasteiger partial charge in [0.2, 0.25) is 5.91 Å². The first-order valence-electron chi connectivity index (χ1n) is 8.74. The second-order valence-corrected chi connectivity index (χ2v) is 7.13. The van der Waals surface area contributed by atoms with E-state index in [1.54, 1.807) is 29.8 Å². The number of hydrogen-bond donors (Lipinski definition) is 3. The van der Waals surface area contributed by atoms with Gasteiger partial charge in [0.15, 0.2) is 0 Å². The lowest BCUT2D eigenvalue weighted by Gasteiger charge is -2.24. The Labute approximate surface area is 162 Å². The molecule has 146 valence electrons. The molecule has 0 aliphatic carbocycles. The SMILES string of the molecule is CC[C@@H](C)[C@H](NC(=O)c1cc2cc(Cl)ccc2n1C)C(=O)N[C@@H](C)C(=O)O. The Bertz CT molecular complexity index is 877. The van der Waals surface area contributed by atoms with E-state index in [2.05, 4.69) is 10.6 Å². The second-order valence-electron chi connectivity index (χ2n) is 6.70. The van der Waals surface area contributed by atoms with Crippen molar-refractivity contribution in [2.45, 2.75) is 39.3 Å². The zero-order valence-electron chi connectivity index (χ0n) is 15.7. The fraction of sp³-hybridized carbons (Fsp3) is 0.421. The number of nitrogens with zero attached hydrogens (tertiary/aromatic N) is 1. The first-order chi connectivity index (χ1) is 12.6. The van der Waals surface area contributed by atoms with Crippen molar-refractivity contribution in [1.29, 1.82) is 0 Å². The molecule has 2 rings (SSSR count). The largest absolute Gasteiger partial charge is 0.480 e. The van der Waals surface area contributed by atoms with Crippen molar-refractivity contribution in [1.82, 2.24) is 15.2 Å². The highest BCUT2D eigenvalue weighted by Crippen LogP contribution is 2.23. The number of carboxylic acids is 1. The molecule has 27 heavy (non-hydrogen) atoms. The maximum atomic E-state index is 12.8. The van der Waals surface area contributed by atoms with Gasteiger partial charge in [0.1, 0.15) is 17.8 Å². The van der Waals surface area contributed by atoms with Gasteiger partial charge in [-0.1, -0.05) is 31.9 Å². The molecule has 3 N–H and O–H groups in total. The number of carboxylic acid groups (broad SMARTS) is 1. The number of halogens is 1. The quantitative estimate of drug-likeness (QED) is 0.673. The van der Waals surface area contributed by atoms with Crippen LogP contribution in [-0.4, -0.2) is 39.5 Å². The summed E-state index contributed by atoms with van der Waals surface area (Å²) in [4.78, 5) is 36.3. The fourth-order valence-electron chi connectivity index (χ4n) is 2.82. The topological polar surface area (TPSA) is 100 Å². The molecule has 2 aromatic rings. The van der Waals surface area contributed by atoms with E-state index in [1.807, 2.05) is 19.9 Å². The first kappa shape index (κ1) is 20.8. The number of rotatable bonds is 7. The highest BCUT2D eigenvalue weighted by molar-refractivity contribution is 6.31. The average Bonchev–Trinajstić information content (AvgIpc) is 2.94. The van der Waals surface area contributed by atoms with Crippen molar-refractivity contribution in [3.05, 3.63) is 35.0 Å². The number of aliphatic carboxylic acids is 1. The molecule has 7 nitrogen and oxygen atoms in total. The molecular formula is C19H24ClN3O4. The van der Waals surface area contributed by atoms with Gasteiger partial charge in [-0.3, -0.25) is 14.4 Å². The van der Waals surface area contributed by atoms with Gasteiger partial charge in [-0.15, -0.1) is 0 Å². The van der Waals surface area contributed by atoms with Crippen LogP contribution in [0.4, 0.5) is 0 Å². The highest BCUT2D eigenvalue weighted by Gasteiger charge is 2.29. The molecule has 1 heterocycles. The normalized spacial score (nSPS) is 14.4. The summed E-state index contributed by atoms with van der Waals surface area (Å²) in [7, 11) is 1.76. The van der Waals surface area contributed by atoms with Crippen molar-refractivity contribution < 1.29 is 19.5 Å². The fourth-order valence-corrected chi connectivity index (χ4v) is 3.00. The number of aromatic nitrogens is 1. The monoisotopic (exact) mass is 393 g/mol. The van der Waals surface area contributed by atoms with Gasteiger partial charge in [-0.2, -0.15) is 0 Å². The Hall–Kier alpha value is -2.54. The van der Waals surface area contributed by atoms with E-state index in [9.17, 15) is 14.4 Å². The first-order valence-corrected chi connectivity index (χ1v) is 9.12. The molecule has 0 spiro atoms. The zero-order valence-corrected chi connectivity index (χ0v) is 16.5. The van der Waals surface area contributed by atoms with Crippen LogP contribution in [0, 0.1) is 5.92 Å². The molecule has 0 unspecified atom stereocenters. The molecule has 8 heteroatoms. The third kappa shape index (κ3) is 4.60. The van der Waals surface area contributed by atoms with Gasteiger partial charge < -0.3 is 20.3 Å². The van der Waals surface area contributed by atoms with Crippen LogP contribution in [0.3, 0.4) is 0 Å². The van der Waals surface area contributed by atoms with Crippen LogP contribution < -0.4 is 10.6 Å². The molecule has 1 aromatic heterocycles. The third-order valence-corrected chi connectivity index (χ3v) is 4.98. The van der Waals surface area contributed by atoms with E-state index in [4.69, 9.17) is 16.7 Å². The smallest absolute Gasteiger partial charge is 0.325 e. The number of carbonyl (C=O) groups excluding carboxylic acids is 2. The molecule has 0 saturated heterocycles. The average molecular weight is 394 g/mol. The van der Waals surface area contributed by atoms with Gasteiger partial charge in [0, 0.05) is 23.0 Å². The van der Waals surface area contributed by atoms with E-state index in [0.717, 1.165) is 10.9 Å². The maximum absolute atomic E-state index is 12.8. The molecule has 0 fully saturated rings. The van der Waals surface area contributed by atoms with E-state index < -0.39 is 29.9 Å². The number of fused-ring (bicyclic) bond motifs is 1. The Morgan fingerprint density at radius 1 is 1.19 bits per heavy atom. The Morgan fingerprint density at radius 3 is 2.44 bits per heavy atom. The van der Waals surface area contributed by atoms with Gasteiger partial charge in [-0.05, 0) is 37.1 Å². The third-order valence-electron chi connectivity index (χ3n) is 4.75. The second kappa shape index (κ2) is 8.43. The molecule has 0 saturated carbocycles. The maximum Gasteiger partial charge on any atom is 0.325 e. The summed E-state index contributed by atoms with van der Waals surface area (Å²) in [5, 5.41) is 15.5. The standard InChI is InChI=1S/C19H24ClN3O4/c1-5-10(2)16(18(25)21-11(3)19(26)27)22-17(24)15-9-12-8-13(20)6-7-14(12)23(15)4/h6-11,16H,5H2,1-4H3,(H,21,25)(H,22,24)(H,26,27)/t10-,11+,16+/m1/s1. The van der Waals surface area contributed by atoms with Crippen molar-refractivity contribution in [2.75, 3.05) is 0 Å². The number of benzene rings is 1. The number of nitrogens with one attached hydrogen (secondary N) is 2. The van der Waals surface area contributed by atoms with Gasteiger partial charge in [0.25, 0.3) is 5.91 Å². The summed E-state index contributed by atoms with van der Waals surface area (Å²) in [5.74, 6) is -2.23. The predicted molar refractivity (Wildman–Crippen MR) is 104 cm³/mol. The summed E-state index contributed by atoms with van der Waals surface area (Å²) < 4.78 is 1.73. The van der Waals surface area contributed by atoms with Crippen LogP contribution in [0.5, 0.6) is 0 Å². The molecule has 0 bridgehead atoms. The molecular weight excluding hydrogens is 370 g/mol. The summed E-state index contributed by atoms with van der Waals surface area (Å²) >= 11 is 6.01. The van der Waals surface area contributed by atoms with Crippen molar-refractivity contribution >= 4 is 40.3 Å². The molecule has 0 radical (unpaired) electrons. The number of carbonyl (C=O) groups is 3. The van der Waals surface area contributed by atoms with Crippen molar-refractivity contribution in [3.8, 4) is 0 Å². The highest BCUT2D eigenvalue weighted by atomic mass is 35.5. The molecule has 3 atom stereocenters. The number of amides is 2. The summed E-state index contributed by atoms with van der Waals surface area (Å²) in [5.41, 5.74) is 1.23. The molecule has 1 aromatic carbocycles. The van der Waals surface area contributed by atoms with Gasteiger partial charge >= 0.3 is 5.97 Å². The van der Waals surface area contributed by atoms with Crippen molar-refractivity contribution in [3.63, 3.8) is 0 Å².